The van der Waals surface area contributed by atoms with Gasteiger partial charge in [0.05, 0.1) is 24.5 Å². The smallest absolute Gasteiger partial charge is 0.373 e. The van der Waals surface area contributed by atoms with E-state index in [0.29, 0.717) is 17.9 Å². The number of benzene rings is 1. The van der Waals surface area contributed by atoms with Crippen LogP contribution in [0.3, 0.4) is 0 Å². The number of hydrogen-bond acceptors (Lipinski definition) is 5. The molecule has 0 saturated carbocycles. The van der Waals surface area contributed by atoms with Gasteiger partial charge in [-0.2, -0.15) is 0 Å². The van der Waals surface area contributed by atoms with E-state index in [9.17, 15) is 9.59 Å². The Morgan fingerprint density at radius 2 is 2.04 bits per heavy atom. The van der Waals surface area contributed by atoms with E-state index in [1.165, 1.54) is 7.11 Å². The minimum absolute atomic E-state index is 0.120. The van der Waals surface area contributed by atoms with Crippen LogP contribution >= 0.6 is 0 Å². The summed E-state index contributed by atoms with van der Waals surface area (Å²) in [6.45, 7) is 1.86. The number of furan rings is 2. The summed E-state index contributed by atoms with van der Waals surface area (Å²) in [5, 5.41) is 2.97. The molecule has 1 aliphatic heterocycles. The number of methoxy groups -OCH3 is 1. The third-order valence-electron chi connectivity index (χ3n) is 4.76. The van der Waals surface area contributed by atoms with E-state index in [4.69, 9.17) is 8.83 Å². The fraction of sp³-hybridized carbons (Fsp3) is 0.200. The van der Waals surface area contributed by atoms with Crippen LogP contribution in [0.15, 0.2) is 57.6 Å². The van der Waals surface area contributed by atoms with Crippen LogP contribution in [0, 0.1) is 0 Å². The Kier molecular flexibility index (Phi) is 3.68. The molecule has 1 aromatic carbocycles. The molecule has 0 spiro atoms. The van der Waals surface area contributed by atoms with Crippen LogP contribution in [0.5, 0.6) is 0 Å². The van der Waals surface area contributed by atoms with Crippen molar-refractivity contribution in [3.8, 4) is 11.3 Å². The van der Waals surface area contributed by atoms with E-state index in [-0.39, 0.29) is 11.7 Å². The van der Waals surface area contributed by atoms with Crippen molar-refractivity contribution in [2.45, 2.75) is 18.8 Å². The number of carbonyl (C=O) groups is 2. The molecule has 6 heteroatoms. The lowest BCUT2D eigenvalue weighted by molar-refractivity contribution is -0.120. The van der Waals surface area contributed by atoms with E-state index >= 15 is 0 Å². The zero-order chi connectivity index (χ0) is 18.3. The Bertz CT molecular complexity index is 986. The van der Waals surface area contributed by atoms with Crippen molar-refractivity contribution in [1.82, 2.24) is 0 Å². The van der Waals surface area contributed by atoms with Crippen LogP contribution in [0.25, 0.3) is 11.3 Å². The minimum Gasteiger partial charge on any atom is -0.464 e. The molecule has 0 aliphatic carbocycles. The Morgan fingerprint density at radius 3 is 2.77 bits per heavy atom. The first kappa shape index (κ1) is 16.2. The van der Waals surface area contributed by atoms with Crippen molar-refractivity contribution in [1.29, 1.82) is 0 Å². The number of amides is 1. The van der Waals surface area contributed by atoms with Gasteiger partial charge in [0.25, 0.3) is 0 Å². The predicted octanol–water partition coefficient (Wildman–Crippen LogP) is 3.78. The van der Waals surface area contributed by atoms with Crippen molar-refractivity contribution in [2.24, 2.45) is 0 Å². The molecule has 0 bridgehead atoms. The summed E-state index contributed by atoms with van der Waals surface area (Å²) < 4.78 is 15.7. The normalized spacial score (nSPS) is 18.5. The summed E-state index contributed by atoms with van der Waals surface area (Å²) in [6.07, 6.45) is 1.92. The van der Waals surface area contributed by atoms with Gasteiger partial charge in [0, 0.05) is 12.0 Å². The first-order valence-corrected chi connectivity index (χ1v) is 8.19. The summed E-state index contributed by atoms with van der Waals surface area (Å²) in [5.74, 6) is 0.686. The molecule has 4 rings (SSSR count). The highest BCUT2D eigenvalue weighted by atomic mass is 16.5. The highest BCUT2D eigenvalue weighted by molar-refractivity contribution is 6.09. The summed E-state index contributed by atoms with van der Waals surface area (Å²) >= 11 is 0. The van der Waals surface area contributed by atoms with Gasteiger partial charge >= 0.3 is 5.97 Å². The number of nitrogens with one attached hydrogen (secondary N) is 1. The second kappa shape index (κ2) is 5.91. The van der Waals surface area contributed by atoms with Gasteiger partial charge in [-0.25, -0.2) is 4.79 Å². The molecule has 3 aromatic rings. The molecular formula is C20H17NO5. The molecule has 1 atom stereocenters. The quantitative estimate of drug-likeness (QED) is 0.724. The molecule has 6 nitrogen and oxygen atoms in total. The average molecular weight is 351 g/mol. The van der Waals surface area contributed by atoms with Gasteiger partial charge < -0.3 is 18.9 Å². The average Bonchev–Trinajstić information content (AvgIpc) is 3.36. The second-order valence-electron chi connectivity index (χ2n) is 6.43. The number of anilines is 1. The van der Waals surface area contributed by atoms with Gasteiger partial charge in [-0.3, -0.25) is 4.79 Å². The topological polar surface area (TPSA) is 81.7 Å². The monoisotopic (exact) mass is 351 g/mol. The molecule has 26 heavy (non-hydrogen) atoms. The van der Waals surface area contributed by atoms with Crippen LogP contribution in [0.4, 0.5) is 5.69 Å². The maximum absolute atomic E-state index is 12.8. The van der Waals surface area contributed by atoms with Crippen LogP contribution < -0.4 is 5.32 Å². The summed E-state index contributed by atoms with van der Waals surface area (Å²) in [7, 11) is 1.29. The molecular weight excluding hydrogens is 334 g/mol. The Morgan fingerprint density at radius 1 is 1.19 bits per heavy atom. The van der Waals surface area contributed by atoms with Crippen LogP contribution in [0.2, 0.25) is 0 Å². The molecule has 1 amide bonds. The van der Waals surface area contributed by atoms with Crippen LogP contribution in [0.1, 0.15) is 28.8 Å². The predicted molar refractivity (Wildman–Crippen MR) is 93.9 cm³/mol. The number of esters is 1. The van der Waals surface area contributed by atoms with Crippen molar-refractivity contribution in [2.75, 3.05) is 12.4 Å². The molecule has 2 aromatic heterocycles. The first-order valence-electron chi connectivity index (χ1n) is 8.19. The number of para-hydroxylation sites is 1. The third-order valence-corrected chi connectivity index (χ3v) is 4.76. The van der Waals surface area contributed by atoms with Crippen molar-refractivity contribution < 1.29 is 23.2 Å². The molecule has 0 fully saturated rings. The fourth-order valence-electron chi connectivity index (χ4n) is 3.36. The van der Waals surface area contributed by atoms with Crippen molar-refractivity contribution in [3.63, 3.8) is 0 Å². The number of fused-ring (bicyclic) bond motifs is 1. The van der Waals surface area contributed by atoms with E-state index in [1.807, 2.05) is 37.3 Å². The summed E-state index contributed by atoms with van der Waals surface area (Å²) in [6, 6.07) is 12.6. The standard InChI is InChI=1S/C20H17NO5/c1-20(11-12-8-9-16(26-12)18(22)24-2)14-6-3-5-13(15-7-4-10-25-15)17(14)21-19(20)23/h3-10H,11H2,1-2H3,(H,21,23). The van der Waals surface area contributed by atoms with Gasteiger partial charge in [0.15, 0.2) is 0 Å². The van der Waals surface area contributed by atoms with E-state index in [0.717, 1.165) is 16.8 Å². The van der Waals surface area contributed by atoms with E-state index < -0.39 is 11.4 Å². The van der Waals surface area contributed by atoms with Gasteiger partial charge in [-0.15, -0.1) is 0 Å². The maximum Gasteiger partial charge on any atom is 0.373 e. The van der Waals surface area contributed by atoms with Gasteiger partial charge in [-0.05, 0) is 42.8 Å². The number of carbonyl (C=O) groups excluding carboxylic acids is 2. The molecule has 132 valence electrons. The number of ether oxygens (including phenoxy) is 1. The third kappa shape index (κ3) is 2.42. The largest absolute Gasteiger partial charge is 0.464 e. The van der Waals surface area contributed by atoms with Crippen molar-refractivity contribution in [3.05, 3.63) is 65.8 Å². The fourth-order valence-corrected chi connectivity index (χ4v) is 3.36. The minimum atomic E-state index is -0.816. The van der Waals surface area contributed by atoms with E-state index in [2.05, 4.69) is 10.1 Å². The highest BCUT2D eigenvalue weighted by Crippen LogP contribution is 2.45. The number of rotatable bonds is 4. The maximum atomic E-state index is 12.8. The molecule has 3 heterocycles. The van der Waals surface area contributed by atoms with Gasteiger partial charge in [-0.1, -0.05) is 12.1 Å². The van der Waals surface area contributed by atoms with Gasteiger partial charge in [0.1, 0.15) is 11.5 Å². The second-order valence-corrected chi connectivity index (χ2v) is 6.43. The van der Waals surface area contributed by atoms with Gasteiger partial charge in [0.2, 0.25) is 11.7 Å². The highest BCUT2D eigenvalue weighted by Gasteiger charge is 2.44. The molecule has 0 radical (unpaired) electrons. The number of hydrogen-bond donors (Lipinski definition) is 1. The Labute approximate surface area is 149 Å². The molecule has 1 N–H and O–H groups in total. The van der Waals surface area contributed by atoms with Crippen LogP contribution in [-0.2, 0) is 21.4 Å². The Balaban J connectivity index is 1.72. The Hall–Kier alpha value is -3.28. The van der Waals surface area contributed by atoms with E-state index in [1.54, 1.807) is 18.4 Å². The molecule has 0 saturated heterocycles. The lowest BCUT2D eigenvalue weighted by atomic mass is 9.79. The lowest BCUT2D eigenvalue weighted by Crippen LogP contribution is -2.33. The summed E-state index contributed by atoms with van der Waals surface area (Å²) in [5.41, 5.74) is 1.63. The first-order chi connectivity index (χ1) is 12.5. The lowest BCUT2D eigenvalue weighted by Gasteiger charge is -2.21. The zero-order valence-electron chi connectivity index (χ0n) is 14.4. The molecule has 1 aliphatic rings. The molecule has 1 unspecified atom stereocenters. The van der Waals surface area contributed by atoms with Crippen LogP contribution in [-0.4, -0.2) is 19.0 Å². The summed E-state index contributed by atoms with van der Waals surface area (Å²) in [4.78, 5) is 24.4. The van der Waals surface area contributed by atoms with Crippen molar-refractivity contribution >= 4 is 17.6 Å². The zero-order valence-corrected chi connectivity index (χ0v) is 14.4. The SMILES string of the molecule is COC(=O)c1ccc(CC2(C)C(=O)Nc3c(-c4ccco4)cccc32)o1.